The van der Waals surface area contributed by atoms with Gasteiger partial charge in [-0.3, -0.25) is 4.79 Å². The highest BCUT2D eigenvalue weighted by molar-refractivity contribution is 5.96. The maximum Gasteiger partial charge on any atom is 0.339 e. The average molecular weight is 232 g/mol. The van der Waals surface area contributed by atoms with E-state index in [1.807, 2.05) is 0 Å². The summed E-state index contributed by atoms with van der Waals surface area (Å²) < 4.78 is 5.07. The van der Waals surface area contributed by atoms with E-state index in [4.69, 9.17) is 9.52 Å². The van der Waals surface area contributed by atoms with E-state index in [1.165, 1.54) is 12.3 Å². The van der Waals surface area contributed by atoms with Crippen LogP contribution >= 0.6 is 0 Å². The summed E-state index contributed by atoms with van der Waals surface area (Å²) in [5.41, 5.74) is 0.00426. The highest BCUT2D eigenvalue weighted by Gasteiger charge is 2.17. The number of carboxylic acids is 1. The first-order chi connectivity index (χ1) is 8.13. The molecular weight excluding hydrogens is 224 g/mol. The van der Waals surface area contributed by atoms with Crippen LogP contribution in [0.1, 0.15) is 20.7 Å². The number of rotatable bonds is 3. The van der Waals surface area contributed by atoms with Crippen LogP contribution < -0.4 is 0 Å². The maximum atomic E-state index is 10.9. The molecule has 0 aliphatic heterocycles. The van der Waals surface area contributed by atoms with Crippen LogP contribution in [0, 0.1) is 0 Å². The minimum atomic E-state index is -1.31. The molecule has 0 aliphatic rings. The lowest BCUT2D eigenvalue weighted by Crippen LogP contribution is -1.99. The number of hydrogen-bond acceptors (Lipinski definition) is 4. The molecule has 1 heterocycles. The number of carbonyl (C=O) groups excluding carboxylic acids is 1. The second-order valence-electron chi connectivity index (χ2n) is 3.36. The topological polar surface area (TPSA) is 87.7 Å². The van der Waals surface area contributed by atoms with Crippen molar-refractivity contribution in [3.8, 4) is 17.1 Å². The molecule has 0 fully saturated rings. The molecule has 2 N–H and O–H groups in total. The number of aldehydes is 1. The Morgan fingerprint density at radius 3 is 2.65 bits per heavy atom. The zero-order valence-corrected chi connectivity index (χ0v) is 8.58. The van der Waals surface area contributed by atoms with Crippen LogP contribution in [-0.2, 0) is 0 Å². The predicted octanol–water partition coefficient (Wildman–Crippen LogP) is 2.16. The van der Waals surface area contributed by atoms with Crippen LogP contribution in [-0.4, -0.2) is 22.5 Å². The summed E-state index contributed by atoms with van der Waals surface area (Å²) in [5.74, 6) is -1.43. The highest BCUT2D eigenvalue weighted by atomic mass is 16.4. The van der Waals surface area contributed by atoms with E-state index in [2.05, 4.69) is 0 Å². The second kappa shape index (κ2) is 4.13. The molecular formula is C12H8O5. The fourth-order valence-corrected chi connectivity index (χ4v) is 1.51. The molecule has 0 aliphatic carbocycles. The van der Waals surface area contributed by atoms with Crippen molar-refractivity contribution in [2.75, 3.05) is 0 Å². The Kier molecular flexibility index (Phi) is 2.66. The van der Waals surface area contributed by atoms with Crippen molar-refractivity contribution in [3.63, 3.8) is 0 Å². The Balaban J connectivity index is 2.70. The van der Waals surface area contributed by atoms with Crippen LogP contribution in [0.3, 0.4) is 0 Å². The number of aromatic carboxylic acids is 1. The first-order valence-corrected chi connectivity index (χ1v) is 4.73. The summed E-state index contributed by atoms with van der Waals surface area (Å²) in [6.45, 7) is 0. The van der Waals surface area contributed by atoms with Crippen molar-refractivity contribution in [1.29, 1.82) is 0 Å². The first-order valence-electron chi connectivity index (χ1n) is 4.73. The van der Waals surface area contributed by atoms with Gasteiger partial charge in [-0.1, -0.05) is 0 Å². The molecule has 0 unspecified atom stereocenters. The monoisotopic (exact) mass is 232 g/mol. The lowest BCUT2D eigenvalue weighted by atomic mass is 10.0. The lowest BCUT2D eigenvalue weighted by molar-refractivity contribution is 0.0694. The molecule has 0 radical (unpaired) electrons. The number of furan rings is 1. The molecule has 0 amide bonds. The molecule has 1 aromatic carbocycles. The van der Waals surface area contributed by atoms with Crippen LogP contribution in [0.5, 0.6) is 5.75 Å². The third-order valence-corrected chi connectivity index (χ3v) is 2.29. The summed E-state index contributed by atoms with van der Waals surface area (Å²) in [5, 5.41) is 18.7. The van der Waals surface area contributed by atoms with Crippen LogP contribution in [0.4, 0.5) is 0 Å². The van der Waals surface area contributed by atoms with Gasteiger partial charge in [-0.05, 0) is 24.3 Å². The molecule has 5 heteroatoms. The quantitative estimate of drug-likeness (QED) is 0.791. The largest absolute Gasteiger partial charge is 0.506 e. The maximum absolute atomic E-state index is 10.9. The van der Waals surface area contributed by atoms with E-state index in [1.54, 1.807) is 12.1 Å². The molecule has 0 saturated carbocycles. The molecule has 0 bridgehead atoms. The van der Waals surface area contributed by atoms with E-state index in [0.29, 0.717) is 12.0 Å². The van der Waals surface area contributed by atoms with E-state index < -0.39 is 11.7 Å². The molecule has 1 aromatic heterocycles. The van der Waals surface area contributed by atoms with Gasteiger partial charge in [0.25, 0.3) is 0 Å². The minimum Gasteiger partial charge on any atom is -0.506 e. The van der Waals surface area contributed by atoms with Gasteiger partial charge in [-0.2, -0.15) is 0 Å². The number of benzene rings is 1. The fourth-order valence-electron chi connectivity index (χ4n) is 1.51. The summed E-state index contributed by atoms with van der Waals surface area (Å²) in [6.07, 6.45) is 1.90. The van der Waals surface area contributed by atoms with Gasteiger partial charge in [0.15, 0.2) is 0 Å². The van der Waals surface area contributed by atoms with Gasteiger partial charge in [0.2, 0.25) is 0 Å². The SMILES string of the molecule is O=Cc1cc(C(=O)O)c(O)c(-c2ccco2)c1. The number of carboxylic acid groups (broad SMARTS) is 1. The summed E-state index contributed by atoms with van der Waals surface area (Å²) in [4.78, 5) is 21.6. The third-order valence-electron chi connectivity index (χ3n) is 2.29. The minimum absolute atomic E-state index is 0.159. The van der Waals surface area contributed by atoms with Gasteiger partial charge in [0.1, 0.15) is 23.4 Å². The van der Waals surface area contributed by atoms with Crippen LogP contribution in [0.15, 0.2) is 34.9 Å². The third kappa shape index (κ3) is 1.90. The normalized spacial score (nSPS) is 10.1. The molecule has 5 nitrogen and oxygen atoms in total. The number of carbonyl (C=O) groups is 2. The Labute approximate surface area is 95.9 Å². The smallest absolute Gasteiger partial charge is 0.339 e. The van der Waals surface area contributed by atoms with Gasteiger partial charge < -0.3 is 14.6 Å². The Hall–Kier alpha value is -2.56. The number of hydrogen-bond donors (Lipinski definition) is 2. The summed E-state index contributed by atoms with van der Waals surface area (Å²) >= 11 is 0. The van der Waals surface area contributed by atoms with Crippen molar-refractivity contribution in [2.24, 2.45) is 0 Å². The Morgan fingerprint density at radius 2 is 2.12 bits per heavy atom. The van der Waals surface area contributed by atoms with Crippen molar-refractivity contribution >= 4 is 12.3 Å². The highest BCUT2D eigenvalue weighted by Crippen LogP contribution is 2.33. The second-order valence-corrected chi connectivity index (χ2v) is 3.36. The number of phenols is 1. The molecule has 0 saturated heterocycles. The average Bonchev–Trinajstić information content (AvgIpc) is 2.82. The fraction of sp³-hybridized carbons (Fsp3) is 0. The Bertz CT molecular complexity index is 569. The summed E-state index contributed by atoms with van der Waals surface area (Å²) in [7, 11) is 0. The van der Waals surface area contributed by atoms with Crippen molar-refractivity contribution < 1.29 is 24.2 Å². The number of aromatic hydroxyl groups is 1. The van der Waals surface area contributed by atoms with E-state index in [9.17, 15) is 14.7 Å². The standard InChI is InChI=1S/C12H8O5/c13-6-7-4-8(10-2-1-3-17-10)11(14)9(5-7)12(15)16/h1-6,14H,(H,15,16). The van der Waals surface area contributed by atoms with Gasteiger partial charge in [-0.15, -0.1) is 0 Å². The van der Waals surface area contributed by atoms with Crippen molar-refractivity contribution in [1.82, 2.24) is 0 Å². The van der Waals surface area contributed by atoms with Crippen molar-refractivity contribution in [2.45, 2.75) is 0 Å². The predicted molar refractivity (Wildman–Crippen MR) is 58.2 cm³/mol. The molecule has 2 rings (SSSR count). The zero-order chi connectivity index (χ0) is 12.4. The van der Waals surface area contributed by atoms with Gasteiger partial charge in [0.05, 0.1) is 11.8 Å². The van der Waals surface area contributed by atoms with Crippen LogP contribution in [0.25, 0.3) is 11.3 Å². The van der Waals surface area contributed by atoms with Gasteiger partial charge in [0, 0.05) is 5.56 Å². The first kappa shape index (κ1) is 10.9. The van der Waals surface area contributed by atoms with E-state index in [0.717, 1.165) is 6.07 Å². The molecule has 2 aromatic rings. The van der Waals surface area contributed by atoms with E-state index in [-0.39, 0.29) is 16.7 Å². The van der Waals surface area contributed by atoms with Crippen LogP contribution in [0.2, 0.25) is 0 Å². The molecule has 86 valence electrons. The molecule has 17 heavy (non-hydrogen) atoms. The van der Waals surface area contributed by atoms with Crippen molar-refractivity contribution in [3.05, 3.63) is 41.7 Å². The van der Waals surface area contributed by atoms with Gasteiger partial charge >= 0.3 is 5.97 Å². The van der Waals surface area contributed by atoms with Gasteiger partial charge in [-0.25, -0.2) is 4.79 Å². The molecule has 0 atom stereocenters. The Morgan fingerprint density at radius 1 is 1.35 bits per heavy atom. The lowest BCUT2D eigenvalue weighted by Gasteiger charge is -2.06. The van der Waals surface area contributed by atoms with E-state index >= 15 is 0 Å². The molecule has 0 spiro atoms. The summed E-state index contributed by atoms with van der Waals surface area (Å²) in [6, 6.07) is 5.64. The zero-order valence-electron chi connectivity index (χ0n) is 8.58.